The number of nitrogens with one attached hydrogen (secondary N) is 2. The van der Waals surface area contributed by atoms with Crippen molar-refractivity contribution < 1.29 is 9.59 Å². The van der Waals surface area contributed by atoms with Gasteiger partial charge in [0.15, 0.2) is 0 Å². The van der Waals surface area contributed by atoms with Crippen LogP contribution in [0.15, 0.2) is 6.07 Å². The molecule has 3 rings (SSSR count). The Morgan fingerprint density at radius 3 is 2.52 bits per heavy atom. The van der Waals surface area contributed by atoms with Crippen molar-refractivity contribution in [3.8, 4) is 0 Å². The number of nitrogens with zero attached hydrogens (tertiary/aromatic N) is 3. The van der Waals surface area contributed by atoms with Crippen molar-refractivity contribution >= 4 is 11.8 Å². The number of rotatable bonds is 6. The highest BCUT2D eigenvalue weighted by atomic mass is 16.2. The summed E-state index contributed by atoms with van der Waals surface area (Å²) in [6, 6.07) is 2.60. The number of aromatic nitrogens is 2. The summed E-state index contributed by atoms with van der Waals surface area (Å²) in [6.45, 7) is 11.1. The summed E-state index contributed by atoms with van der Waals surface area (Å²) in [6.07, 6.45) is 3.56. The predicted octanol–water partition coefficient (Wildman–Crippen LogP) is 1.57. The van der Waals surface area contributed by atoms with Gasteiger partial charge in [0.2, 0.25) is 5.91 Å². The Morgan fingerprint density at radius 1 is 1.22 bits per heavy atom. The van der Waals surface area contributed by atoms with Gasteiger partial charge < -0.3 is 15.5 Å². The van der Waals surface area contributed by atoms with Gasteiger partial charge in [-0.25, -0.2) is 0 Å². The second kappa shape index (κ2) is 8.42. The molecule has 1 saturated heterocycles. The Kier molecular flexibility index (Phi) is 6.19. The van der Waals surface area contributed by atoms with E-state index in [1.165, 1.54) is 0 Å². The zero-order chi connectivity index (χ0) is 19.6. The molecule has 0 radical (unpaired) electrons. The predicted molar refractivity (Wildman–Crippen MR) is 105 cm³/mol. The van der Waals surface area contributed by atoms with Gasteiger partial charge in [0.05, 0.1) is 12.6 Å². The van der Waals surface area contributed by atoms with Crippen LogP contribution in [0.1, 0.15) is 63.1 Å². The highest BCUT2D eigenvalue weighted by Gasteiger charge is 2.28. The van der Waals surface area contributed by atoms with Crippen LogP contribution in [0.3, 0.4) is 0 Å². The van der Waals surface area contributed by atoms with Gasteiger partial charge in [0.1, 0.15) is 5.69 Å². The first-order valence-electron chi connectivity index (χ1n) is 10.2. The molecule has 3 heterocycles. The normalized spacial score (nSPS) is 20.9. The molecule has 1 aromatic rings. The van der Waals surface area contributed by atoms with Crippen LogP contribution in [0.2, 0.25) is 0 Å². The van der Waals surface area contributed by atoms with E-state index in [0.29, 0.717) is 30.6 Å². The van der Waals surface area contributed by atoms with Gasteiger partial charge in [0.25, 0.3) is 5.91 Å². The molecular weight excluding hydrogens is 342 g/mol. The first-order valence-corrected chi connectivity index (χ1v) is 10.2. The number of carbonyl (C=O) groups excluding carboxylic acids is 2. The molecule has 150 valence electrons. The van der Waals surface area contributed by atoms with E-state index in [1.807, 2.05) is 24.6 Å². The quantitative estimate of drug-likeness (QED) is 0.791. The molecule has 2 amide bonds. The number of amides is 2. The largest absolute Gasteiger partial charge is 0.351 e. The molecule has 0 spiro atoms. The maximum atomic E-state index is 12.4. The van der Waals surface area contributed by atoms with Crippen molar-refractivity contribution in [1.82, 2.24) is 25.3 Å². The van der Waals surface area contributed by atoms with Crippen molar-refractivity contribution in [2.75, 3.05) is 13.1 Å². The number of piperidine rings is 1. The fourth-order valence-electron chi connectivity index (χ4n) is 4.07. The highest BCUT2D eigenvalue weighted by Crippen LogP contribution is 2.22. The standard InChI is InChI=1S/C20H33N5O2/c1-13(2)21-20(27)18-11-17-10-16(12-25(17)23-18)22-19(26)9-15-5-7-24(8-6-15)14(3)4/h11,13-16H,5-10,12H2,1-4H3,(H,21,27)(H,22,26)/t16-/m0/s1. The van der Waals surface area contributed by atoms with Crippen LogP contribution in [0.4, 0.5) is 0 Å². The third kappa shape index (κ3) is 5.09. The molecule has 7 heteroatoms. The second-order valence-electron chi connectivity index (χ2n) is 8.58. The summed E-state index contributed by atoms with van der Waals surface area (Å²) >= 11 is 0. The van der Waals surface area contributed by atoms with E-state index >= 15 is 0 Å². The molecule has 1 fully saturated rings. The maximum absolute atomic E-state index is 12.4. The van der Waals surface area contributed by atoms with Crippen LogP contribution in [0, 0.1) is 5.92 Å². The van der Waals surface area contributed by atoms with E-state index in [9.17, 15) is 9.59 Å². The highest BCUT2D eigenvalue weighted by molar-refractivity contribution is 5.92. The average Bonchev–Trinajstić information content (AvgIpc) is 3.13. The molecule has 2 N–H and O–H groups in total. The minimum atomic E-state index is -0.139. The molecule has 0 aromatic carbocycles. The van der Waals surface area contributed by atoms with Crippen LogP contribution in [-0.2, 0) is 17.8 Å². The van der Waals surface area contributed by atoms with Gasteiger partial charge in [-0.1, -0.05) is 0 Å². The smallest absolute Gasteiger partial charge is 0.271 e. The molecule has 0 aliphatic carbocycles. The molecule has 27 heavy (non-hydrogen) atoms. The number of fused-ring (bicyclic) bond motifs is 1. The fraction of sp³-hybridized carbons (Fsp3) is 0.750. The SMILES string of the molecule is CC(C)NC(=O)c1cc2n(n1)C[C@@H](NC(=O)CC1CCN(C(C)C)CC1)C2. The molecule has 0 bridgehead atoms. The summed E-state index contributed by atoms with van der Waals surface area (Å²) in [5.41, 5.74) is 1.47. The lowest BCUT2D eigenvalue weighted by atomic mass is 9.92. The van der Waals surface area contributed by atoms with Crippen molar-refractivity contribution in [1.29, 1.82) is 0 Å². The third-order valence-corrected chi connectivity index (χ3v) is 5.58. The van der Waals surface area contributed by atoms with Crippen molar-refractivity contribution in [3.05, 3.63) is 17.5 Å². The third-order valence-electron chi connectivity index (χ3n) is 5.58. The molecule has 2 aliphatic heterocycles. The number of carbonyl (C=O) groups is 2. The number of hydrogen-bond donors (Lipinski definition) is 2. The summed E-state index contributed by atoms with van der Waals surface area (Å²) in [5.74, 6) is 0.497. The van der Waals surface area contributed by atoms with E-state index in [0.717, 1.165) is 38.0 Å². The summed E-state index contributed by atoms with van der Waals surface area (Å²) in [7, 11) is 0. The maximum Gasteiger partial charge on any atom is 0.271 e. The molecule has 0 saturated carbocycles. The molecule has 2 aliphatic rings. The lowest BCUT2D eigenvalue weighted by Crippen LogP contribution is -2.41. The van der Waals surface area contributed by atoms with Crippen LogP contribution >= 0.6 is 0 Å². The lowest BCUT2D eigenvalue weighted by Gasteiger charge is -2.34. The Labute approximate surface area is 161 Å². The van der Waals surface area contributed by atoms with Gasteiger partial charge in [-0.15, -0.1) is 0 Å². The average molecular weight is 376 g/mol. The van der Waals surface area contributed by atoms with Crippen LogP contribution < -0.4 is 10.6 Å². The van der Waals surface area contributed by atoms with Crippen molar-refractivity contribution in [3.63, 3.8) is 0 Å². The van der Waals surface area contributed by atoms with E-state index < -0.39 is 0 Å². The topological polar surface area (TPSA) is 79.3 Å². The minimum Gasteiger partial charge on any atom is -0.351 e. The van der Waals surface area contributed by atoms with Gasteiger partial charge in [-0.05, 0) is 65.6 Å². The molecule has 7 nitrogen and oxygen atoms in total. The van der Waals surface area contributed by atoms with Crippen LogP contribution in [-0.4, -0.2) is 57.7 Å². The Bertz CT molecular complexity index is 650. The second-order valence-corrected chi connectivity index (χ2v) is 8.58. The monoisotopic (exact) mass is 375 g/mol. The van der Waals surface area contributed by atoms with E-state index in [1.54, 1.807) is 0 Å². The summed E-state index contributed by atoms with van der Waals surface area (Å²) in [4.78, 5) is 27.0. The minimum absolute atomic E-state index is 0.0814. The molecule has 1 aromatic heterocycles. The van der Waals surface area contributed by atoms with Crippen LogP contribution in [0.5, 0.6) is 0 Å². The van der Waals surface area contributed by atoms with Gasteiger partial charge in [0, 0.05) is 30.6 Å². The first-order chi connectivity index (χ1) is 12.8. The van der Waals surface area contributed by atoms with Gasteiger partial charge >= 0.3 is 0 Å². The van der Waals surface area contributed by atoms with E-state index in [-0.39, 0.29) is 23.9 Å². The summed E-state index contributed by atoms with van der Waals surface area (Å²) < 4.78 is 1.85. The lowest BCUT2D eigenvalue weighted by molar-refractivity contribution is -0.123. The molecule has 0 unspecified atom stereocenters. The Hall–Kier alpha value is -1.89. The van der Waals surface area contributed by atoms with Crippen molar-refractivity contribution in [2.24, 2.45) is 5.92 Å². The molecule has 1 atom stereocenters. The summed E-state index contributed by atoms with van der Waals surface area (Å²) in [5, 5.41) is 10.4. The zero-order valence-electron chi connectivity index (χ0n) is 17.0. The fourth-order valence-corrected chi connectivity index (χ4v) is 4.07. The zero-order valence-corrected chi connectivity index (χ0v) is 17.0. The molecular formula is C20H33N5O2. The number of likely N-dealkylation sites (tertiary alicyclic amines) is 1. The van der Waals surface area contributed by atoms with E-state index in [4.69, 9.17) is 0 Å². The van der Waals surface area contributed by atoms with Gasteiger partial charge in [-0.3, -0.25) is 14.3 Å². The Morgan fingerprint density at radius 2 is 1.93 bits per heavy atom. The van der Waals surface area contributed by atoms with Crippen molar-refractivity contribution in [2.45, 2.75) is 78.0 Å². The first kappa shape index (κ1) is 19.9. The van der Waals surface area contributed by atoms with Crippen LogP contribution in [0.25, 0.3) is 0 Å². The number of hydrogen-bond acceptors (Lipinski definition) is 4. The van der Waals surface area contributed by atoms with E-state index in [2.05, 4.69) is 34.5 Å². The Balaban J connectivity index is 1.43. The van der Waals surface area contributed by atoms with Gasteiger partial charge in [-0.2, -0.15) is 5.10 Å².